The second-order valence-corrected chi connectivity index (χ2v) is 8.38. The molecule has 0 radical (unpaired) electrons. The molecule has 25 heavy (non-hydrogen) atoms. The van der Waals surface area contributed by atoms with Gasteiger partial charge in [-0.05, 0) is 52.2 Å². The summed E-state index contributed by atoms with van der Waals surface area (Å²) in [7, 11) is 1.61. The normalized spacial score (nSPS) is 17.9. The average molecular weight is 441 g/mol. The number of halogens is 2. The third kappa shape index (κ3) is 4.33. The predicted molar refractivity (Wildman–Crippen MR) is 108 cm³/mol. The fourth-order valence-electron chi connectivity index (χ4n) is 2.92. The molecule has 1 fully saturated rings. The van der Waals surface area contributed by atoms with Gasteiger partial charge in [0.25, 0.3) is 5.91 Å². The van der Waals surface area contributed by atoms with E-state index in [-0.39, 0.29) is 5.91 Å². The molecule has 132 valence electrons. The van der Waals surface area contributed by atoms with E-state index >= 15 is 0 Å². The molecule has 1 amide bonds. The molecule has 0 aromatic heterocycles. The molecular weight excluding hydrogens is 422 g/mol. The molecule has 1 saturated heterocycles. The van der Waals surface area contributed by atoms with E-state index in [1.807, 2.05) is 47.0 Å². The minimum atomic E-state index is 0.0335. The largest absolute Gasteiger partial charge is 0.497 e. The maximum Gasteiger partial charge on any atom is 0.255 e. The van der Waals surface area contributed by atoms with Crippen molar-refractivity contribution >= 4 is 45.2 Å². The third-order valence-electron chi connectivity index (χ3n) is 4.28. The zero-order valence-corrected chi connectivity index (χ0v) is 17.0. The van der Waals surface area contributed by atoms with E-state index in [1.54, 1.807) is 13.2 Å². The number of ether oxygens (including phenoxy) is 1. The van der Waals surface area contributed by atoms with E-state index in [2.05, 4.69) is 22.0 Å². The summed E-state index contributed by atoms with van der Waals surface area (Å²) in [5.74, 6) is 1.61. The molecule has 1 aliphatic rings. The van der Waals surface area contributed by atoms with Crippen molar-refractivity contribution in [3.63, 3.8) is 0 Å². The van der Waals surface area contributed by atoms with Gasteiger partial charge in [0.2, 0.25) is 0 Å². The molecule has 0 spiro atoms. The topological polar surface area (TPSA) is 29.5 Å². The standard InChI is InChI=1S/C19H19BrClNO2S/c1-24-13-6-7-16(20)15(12-13)19(23)22-9-8-18(25-11-10-22)14-4-2-3-5-17(14)21/h2-7,12,18H,8-11H2,1H3/t18-/m1/s1. The highest BCUT2D eigenvalue weighted by Crippen LogP contribution is 2.38. The van der Waals surface area contributed by atoms with Crippen LogP contribution >= 0.6 is 39.3 Å². The number of amides is 1. The summed E-state index contributed by atoms with van der Waals surface area (Å²) in [4.78, 5) is 14.9. The molecule has 0 aliphatic carbocycles. The van der Waals surface area contributed by atoms with Gasteiger partial charge in [-0.1, -0.05) is 29.8 Å². The van der Waals surface area contributed by atoms with Crippen LogP contribution in [0.1, 0.15) is 27.6 Å². The molecular formula is C19H19BrClNO2S. The molecule has 1 atom stereocenters. The number of carbonyl (C=O) groups is 1. The van der Waals surface area contributed by atoms with Crippen LogP contribution < -0.4 is 4.74 Å². The molecule has 0 bridgehead atoms. The smallest absolute Gasteiger partial charge is 0.255 e. The molecule has 3 nitrogen and oxygen atoms in total. The highest BCUT2D eigenvalue weighted by molar-refractivity contribution is 9.10. The van der Waals surface area contributed by atoms with Gasteiger partial charge < -0.3 is 9.64 Å². The van der Waals surface area contributed by atoms with E-state index in [0.717, 1.165) is 33.8 Å². The summed E-state index contributed by atoms with van der Waals surface area (Å²) < 4.78 is 6.04. The van der Waals surface area contributed by atoms with Gasteiger partial charge in [0.15, 0.2) is 0 Å². The SMILES string of the molecule is COc1ccc(Br)c(C(=O)N2CCS[C@@H](c3ccccc3Cl)CC2)c1. The second kappa shape index (κ2) is 8.47. The first-order valence-corrected chi connectivity index (χ1v) is 10.3. The first kappa shape index (κ1) is 18.6. The Morgan fingerprint density at radius 1 is 1.28 bits per heavy atom. The van der Waals surface area contributed by atoms with Crippen molar-refractivity contribution in [2.75, 3.05) is 26.0 Å². The predicted octanol–water partition coefficient (Wildman–Crippen LogP) is 5.43. The van der Waals surface area contributed by atoms with E-state index in [0.29, 0.717) is 23.1 Å². The van der Waals surface area contributed by atoms with E-state index in [9.17, 15) is 4.79 Å². The van der Waals surface area contributed by atoms with E-state index in [4.69, 9.17) is 16.3 Å². The Hall–Kier alpha value is -1.17. The number of rotatable bonds is 3. The van der Waals surface area contributed by atoms with Crippen LogP contribution in [0.2, 0.25) is 5.02 Å². The van der Waals surface area contributed by atoms with Crippen molar-refractivity contribution in [3.05, 3.63) is 63.1 Å². The van der Waals surface area contributed by atoms with Crippen molar-refractivity contribution < 1.29 is 9.53 Å². The Morgan fingerprint density at radius 2 is 2.08 bits per heavy atom. The minimum Gasteiger partial charge on any atom is -0.497 e. The quantitative estimate of drug-likeness (QED) is 0.637. The van der Waals surface area contributed by atoms with Crippen molar-refractivity contribution in [2.24, 2.45) is 0 Å². The maximum atomic E-state index is 13.0. The number of hydrogen-bond acceptors (Lipinski definition) is 3. The van der Waals surface area contributed by atoms with Gasteiger partial charge in [-0.3, -0.25) is 4.79 Å². The van der Waals surface area contributed by atoms with Gasteiger partial charge >= 0.3 is 0 Å². The summed E-state index contributed by atoms with van der Waals surface area (Å²) >= 11 is 11.7. The molecule has 3 rings (SSSR count). The molecule has 1 aliphatic heterocycles. The zero-order chi connectivity index (χ0) is 17.8. The first-order chi connectivity index (χ1) is 12.1. The molecule has 2 aromatic carbocycles. The second-order valence-electron chi connectivity index (χ2n) is 5.81. The van der Waals surface area contributed by atoms with Crippen LogP contribution in [0.25, 0.3) is 0 Å². The molecule has 0 saturated carbocycles. The monoisotopic (exact) mass is 439 g/mol. The van der Waals surface area contributed by atoms with Crippen LogP contribution in [0.15, 0.2) is 46.9 Å². The lowest BCUT2D eigenvalue weighted by atomic mass is 10.1. The molecule has 0 N–H and O–H groups in total. The van der Waals surface area contributed by atoms with Gasteiger partial charge in [-0.25, -0.2) is 0 Å². The fraction of sp³-hybridized carbons (Fsp3) is 0.316. The van der Waals surface area contributed by atoms with E-state index in [1.165, 1.54) is 0 Å². The molecule has 6 heteroatoms. The number of methoxy groups -OCH3 is 1. The maximum absolute atomic E-state index is 13.0. The van der Waals surface area contributed by atoms with Crippen LogP contribution in [-0.4, -0.2) is 36.8 Å². The summed E-state index contributed by atoms with van der Waals surface area (Å²) in [6, 6.07) is 13.5. The summed E-state index contributed by atoms with van der Waals surface area (Å²) in [5.41, 5.74) is 1.80. The van der Waals surface area contributed by atoms with Crippen LogP contribution in [0.4, 0.5) is 0 Å². The molecule has 0 unspecified atom stereocenters. The lowest BCUT2D eigenvalue weighted by Gasteiger charge is -2.21. The highest BCUT2D eigenvalue weighted by atomic mass is 79.9. The minimum absolute atomic E-state index is 0.0335. The van der Waals surface area contributed by atoms with Gasteiger partial charge in [0.05, 0.1) is 12.7 Å². The zero-order valence-electron chi connectivity index (χ0n) is 13.9. The average Bonchev–Trinajstić information content (AvgIpc) is 2.88. The molecule has 2 aromatic rings. The third-order valence-corrected chi connectivity index (χ3v) is 6.63. The number of nitrogens with zero attached hydrogens (tertiary/aromatic N) is 1. The van der Waals surface area contributed by atoms with Crippen molar-refractivity contribution in [3.8, 4) is 5.75 Å². The van der Waals surface area contributed by atoms with Gasteiger partial charge in [-0.2, -0.15) is 11.8 Å². The van der Waals surface area contributed by atoms with Crippen LogP contribution in [0.5, 0.6) is 5.75 Å². The summed E-state index contributed by atoms with van der Waals surface area (Å²) in [6.07, 6.45) is 0.891. The van der Waals surface area contributed by atoms with Crippen molar-refractivity contribution in [1.82, 2.24) is 4.90 Å². The Labute approximate surface area is 165 Å². The first-order valence-electron chi connectivity index (χ1n) is 8.09. The van der Waals surface area contributed by atoms with Gasteiger partial charge in [-0.15, -0.1) is 0 Å². The Morgan fingerprint density at radius 3 is 2.84 bits per heavy atom. The number of hydrogen-bond donors (Lipinski definition) is 0. The number of carbonyl (C=O) groups excluding carboxylic acids is 1. The number of benzene rings is 2. The molecule has 1 heterocycles. The summed E-state index contributed by atoms with van der Waals surface area (Å²) in [5, 5.41) is 1.12. The lowest BCUT2D eigenvalue weighted by molar-refractivity contribution is 0.0765. The Bertz CT molecular complexity index is 771. The highest BCUT2D eigenvalue weighted by Gasteiger charge is 2.25. The van der Waals surface area contributed by atoms with Crippen LogP contribution in [-0.2, 0) is 0 Å². The fourth-order valence-corrected chi connectivity index (χ4v) is 4.94. The van der Waals surface area contributed by atoms with Crippen molar-refractivity contribution in [2.45, 2.75) is 11.7 Å². The summed E-state index contributed by atoms with van der Waals surface area (Å²) in [6.45, 7) is 1.44. The Kier molecular flexibility index (Phi) is 6.31. The van der Waals surface area contributed by atoms with Crippen molar-refractivity contribution in [1.29, 1.82) is 0 Å². The van der Waals surface area contributed by atoms with Gasteiger partial charge in [0, 0.05) is 33.6 Å². The lowest BCUT2D eigenvalue weighted by Crippen LogP contribution is -2.33. The number of thioether (sulfide) groups is 1. The van der Waals surface area contributed by atoms with E-state index < -0.39 is 0 Å². The van der Waals surface area contributed by atoms with Crippen LogP contribution in [0.3, 0.4) is 0 Å². The van der Waals surface area contributed by atoms with Gasteiger partial charge in [0.1, 0.15) is 5.75 Å². The van der Waals surface area contributed by atoms with Crippen LogP contribution in [0, 0.1) is 0 Å². The Balaban J connectivity index is 1.75.